The van der Waals surface area contributed by atoms with Crippen molar-refractivity contribution >= 4 is 22.3 Å². The minimum absolute atomic E-state index is 0.00308. The molecule has 0 aliphatic rings. The predicted molar refractivity (Wildman–Crippen MR) is 96.0 cm³/mol. The molecule has 0 aliphatic carbocycles. The van der Waals surface area contributed by atoms with Crippen molar-refractivity contribution in [2.24, 2.45) is 0 Å². The van der Waals surface area contributed by atoms with Gasteiger partial charge in [-0.05, 0) is 18.2 Å². The minimum Gasteiger partial charge on any atom is -0.504 e. The van der Waals surface area contributed by atoms with Crippen molar-refractivity contribution in [2.75, 3.05) is 14.2 Å². The smallest absolute Gasteiger partial charge is 0.354 e. The fourth-order valence-electron chi connectivity index (χ4n) is 2.75. The van der Waals surface area contributed by atoms with E-state index in [1.165, 1.54) is 25.3 Å². The predicted octanol–water partition coefficient (Wildman–Crippen LogP) is 3.14. The van der Waals surface area contributed by atoms with Gasteiger partial charge in [0.1, 0.15) is 0 Å². The van der Waals surface area contributed by atoms with E-state index in [0.717, 1.165) is 7.11 Å². The Morgan fingerprint density at radius 3 is 2.34 bits per heavy atom. The lowest BCUT2D eigenvalue weighted by molar-refractivity contribution is -0.398. The molecule has 0 aliphatic heterocycles. The Balaban J connectivity index is 2.50. The maximum absolute atomic E-state index is 14.4. The van der Waals surface area contributed by atoms with Crippen molar-refractivity contribution in [3.63, 3.8) is 0 Å². The maximum atomic E-state index is 14.4. The van der Waals surface area contributed by atoms with Crippen LogP contribution < -0.4 is 14.9 Å². The second kappa shape index (κ2) is 7.07. The van der Waals surface area contributed by atoms with Crippen LogP contribution in [0.3, 0.4) is 0 Å². The van der Waals surface area contributed by atoms with Crippen LogP contribution in [0.2, 0.25) is 0 Å². The highest BCUT2D eigenvalue weighted by Gasteiger charge is 2.34. The summed E-state index contributed by atoms with van der Waals surface area (Å²) in [4.78, 5) is 32.8. The Morgan fingerprint density at radius 2 is 1.79 bits per heavy atom. The van der Waals surface area contributed by atoms with Crippen LogP contribution in [-0.4, -0.2) is 29.2 Å². The molecule has 3 aromatic rings. The molecule has 0 unspecified atom stereocenters. The van der Waals surface area contributed by atoms with E-state index in [-0.39, 0.29) is 22.8 Å². The number of halogens is 1. The zero-order valence-electron chi connectivity index (χ0n) is 14.8. The highest BCUT2D eigenvalue weighted by molar-refractivity contribution is 5.91. The molecule has 0 radical (unpaired) electrons. The first-order chi connectivity index (χ1) is 13.7. The molecule has 29 heavy (non-hydrogen) atoms. The van der Waals surface area contributed by atoms with Gasteiger partial charge < -0.3 is 19.0 Å². The lowest BCUT2D eigenvalue weighted by atomic mass is 10.1. The van der Waals surface area contributed by atoms with E-state index < -0.39 is 49.2 Å². The van der Waals surface area contributed by atoms with Crippen molar-refractivity contribution in [1.29, 1.82) is 0 Å². The normalized spacial score (nSPS) is 10.7. The van der Waals surface area contributed by atoms with Crippen LogP contribution in [0.5, 0.6) is 17.2 Å². The first kappa shape index (κ1) is 19.5. The van der Waals surface area contributed by atoms with Crippen LogP contribution in [-0.2, 0) is 0 Å². The highest BCUT2D eigenvalue weighted by Crippen LogP contribution is 2.40. The van der Waals surface area contributed by atoms with E-state index in [1.807, 2.05) is 0 Å². The molecule has 12 heteroatoms. The number of phenolic OH excluding ortho intramolecular Hbond substituents is 1. The summed E-state index contributed by atoms with van der Waals surface area (Å²) in [6, 6.07) is 4.32. The number of methoxy groups -OCH3 is 2. The van der Waals surface area contributed by atoms with Crippen molar-refractivity contribution < 1.29 is 33.2 Å². The van der Waals surface area contributed by atoms with Gasteiger partial charge in [0.2, 0.25) is 16.8 Å². The molecular formula is C17H11FN2O9. The lowest BCUT2D eigenvalue weighted by Crippen LogP contribution is -2.10. The van der Waals surface area contributed by atoms with Gasteiger partial charge in [0.05, 0.1) is 29.5 Å². The number of hydrogen-bond donors (Lipinski definition) is 1. The Labute approximate surface area is 159 Å². The average molecular weight is 406 g/mol. The van der Waals surface area contributed by atoms with Crippen LogP contribution in [0.15, 0.2) is 33.5 Å². The number of fused-ring (bicyclic) bond motifs is 1. The zero-order valence-corrected chi connectivity index (χ0v) is 14.8. The van der Waals surface area contributed by atoms with Gasteiger partial charge in [0.15, 0.2) is 17.3 Å². The van der Waals surface area contributed by atoms with Gasteiger partial charge in [-0.3, -0.25) is 25.0 Å². The van der Waals surface area contributed by atoms with E-state index in [4.69, 9.17) is 13.9 Å². The quantitative estimate of drug-likeness (QED) is 0.497. The number of nitrogens with zero attached hydrogens (tertiary/aromatic N) is 2. The van der Waals surface area contributed by atoms with Gasteiger partial charge in [-0.1, -0.05) is 0 Å². The first-order valence-electron chi connectivity index (χ1n) is 7.74. The second-order valence-corrected chi connectivity index (χ2v) is 5.63. The Kier molecular flexibility index (Phi) is 4.76. The number of hydrogen-bond acceptors (Lipinski definition) is 9. The Morgan fingerprint density at radius 1 is 1.10 bits per heavy atom. The van der Waals surface area contributed by atoms with Crippen molar-refractivity contribution in [2.45, 2.75) is 0 Å². The van der Waals surface area contributed by atoms with Gasteiger partial charge in [0, 0.05) is 11.6 Å². The Hall–Kier alpha value is -4.22. The number of phenols is 1. The van der Waals surface area contributed by atoms with Gasteiger partial charge in [-0.2, -0.15) is 4.39 Å². The first-order valence-corrected chi connectivity index (χ1v) is 7.74. The van der Waals surface area contributed by atoms with Crippen LogP contribution in [0.25, 0.3) is 22.3 Å². The van der Waals surface area contributed by atoms with Crippen molar-refractivity contribution in [3.05, 3.63) is 60.5 Å². The summed E-state index contributed by atoms with van der Waals surface area (Å²) in [5.41, 5.74) is -4.28. The molecule has 11 nitrogen and oxygen atoms in total. The van der Waals surface area contributed by atoms with Crippen molar-refractivity contribution in [3.8, 4) is 28.6 Å². The molecule has 3 rings (SSSR count). The molecule has 1 heterocycles. The topological polar surface area (TPSA) is 155 Å². The molecule has 0 bridgehead atoms. The summed E-state index contributed by atoms with van der Waals surface area (Å²) < 4.78 is 29.8. The standard InChI is InChI=1S/C17H11FN2O9/c1-27-11-5-7(3-4-10(11)21)15-17(28-2)14(22)8-6-9(19(23)24)12(18)13(20(25)26)16(8)29-15/h3-6,21H,1-2H3. The molecule has 2 aromatic carbocycles. The van der Waals surface area contributed by atoms with Gasteiger partial charge in [0.25, 0.3) is 5.82 Å². The van der Waals surface area contributed by atoms with E-state index in [1.54, 1.807) is 0 Å². The third-order valence-electron chi connectivity index (χ3n) is 4.06. The van der Waals surface area contributed by atoms with E-state index in [2.05, 4.69) is 0 Å². The fraction of sp³-hybridized carbons (Fsp3) is 0.118. The Bertz CT molecular complexity index is 1240. The van der Waals surface area contributed by atoms with Crippen LogP contribution in [0.4, 0.5) is 15.8 Å². The summed E-state index contributed by atoms with van der Waals surface area (Å²) in [7, 11) is 2.39. The van der Waals surface area contributed by atoms with Crippen LogP contribution >= 0.6 is 0 Å². The minimum atomic E-state index is -1.75. The van der Waals surface area contributed by atoms with Crippen LogP contribution in [0, 0.1) is 26.0 Å². The molecule has 0 fully saturated rings. The van der Waals surface area contributed by atoms with Gasteiger partial charge in [-0.25, -0.2) is 0 Å². The monoisotopic (exact) mass is 406 g/mol. The highest BCUT2D eigenvalue weighted by atomic mass is 19.1. The molecule has 0 spiro atoms. The number of benzene rings is 2. The van der Waals surface area contributed by atoms with E-state index in [0.29, 0.717) is 6.07 Å². The van der Waals surface area contributed by atoms with Gasteiger partial charge in [-0.15, -0.1) is 0 Å². The number of ether oxygens (including phenoxy) is 2. The van der Waals surface area contributed by atoms with Crippen molar-refractivity contribution in [1.82, 2.24) is 0 Å². The third-order valence-corrected chi connectivity index (χ3v) is 4.06. The molecular weight excluding hydrogens is 395 g/mol. The van der Waals surface area contributed by atoms with E-state index >= 15 is 0 Å². The average Bonchev–Trinajstić information content (AvgIpc) is 2.67. The summed E-state index contributed by atoms with van der Waals surface area (Å²) >= 11 is 0. The molecule has 0 saturated heterocycles. The maximum Gasteiger partial charge on any atom is 0.354 e. The molecule has 0 atom stereocenters. The molecule has 0 saturated carbocycles. The lowest BCUT2D eigenvalue weighted by Gasteiger charge is -2.11. The summed E-state index contributed by atoms with van der Waals surface area (Å²) in [6.07, 6.45) is 0. The molecule has 0 amide bonds. The number of aromatic hydroxyl groups is 1. The fourth-order valence-corrected chi connectivity index (χ4v) is 2.75. The summed E-state index contributed by atoms with van der Waals surface area (Å²) in [5, 5.41) is 31.5. The van der Waals surface area contributed by atoms with Gasteiger partial charge >= 0.3 is 11.4 Å². The summed E-state index contributed by atoms with van der Waals surface area (Å²) in [6.45, 7) is 0. The van der Waals surface area contributed by atoms with Crippen LogP contribution in [0.1, 0.15) is 0 Å². The number of nitro benzene ring substituents is 2. The number of nitro groups is 2. The molecule has 1 N–H and O–H groups in total. The summed E-state index contributed by atoms with van der Waals surface area (Å²) in [5.74, 6) is -2.74. The third kappa shape index (κ3) is 3.05. The molecule has 150 valence electrons. The zero-order chi connectivity index (χ0) is 21.5. The van der Waals surface area contributed by atoms with E-state index in [9.17, 15) is 34.5 Å². The largest absolute Gasteiger partial charge is 0.504 e. The molecule has 1 aromatic heterocycles. The second-order valence-electron chi connectivity index (χ2n) is 5.63. The SMILES string of the molecule is COc1cc(-c2oc3c([N+](=O)[O-])c(F)c([N+](=O)[O-])cc3c(=O)c2OC)ccc1O. The number of rotatable bonds is 5.